The van der Waals surface area contributed by atoms with Crippen LogP contribution in [0.2, 0.25) is 9.36 Å². The van der Waals surface area contributed by atoms with E-state index in [9.17, 15) is 49.2 Å². The van der Waals surface area contributed by atoms with E-state index in [2.05, 4.69) is 20.9 Å². The lowest BCUT2D eigenvalue weighted by atomic mass is 10.1. The first-order chi connectivity index (χ1) is 22.4. The van der Waals surface area contributed by atoms with E-state index < -0.39 is 86.4 Å². The van der Waals surface area contributed by atoms with Crippen LogP contribution in [0.1, 0.15) is 29.9 Å². The molecule has 2 aromatic rings. The van der Waals surface area contributed by atoms with Gasteiger partial charge in [0.2, 0.25) is 16.4 Å². The highest BCUT2D eigenvalue weighted by atomic mass is 35.5. The first-order valence-electron chi connectivity index (χ1n) is 13.4. The Labute approximate surface area is 287 Å². The summed E-state index contributed by atoms with van der Waals surface area (Å²) in [6.45, 7) is 1.48. The highest BCUT2D eigenvalue weighted by Crippen LogP contribution is 2.49. The van der Waals surface area contributed by atoms with Gasteiger partial charge < -0.3 is 41.2 Å². The molecule has 19 nitrogen and oxygen atoms in total. The minimum Gasteiger partial charge on any atom is -0.504 e. The maximum atomic E-state index is 13.4. The lowest BCUT2D eigenvalue weighted by Gasteiger charge is -2.41. The number of rotatable bonds is 10. The van der Waals surface area contributed by atoms with Gasteiger partial charge in [-0.05, 0) is 26.0 Å². The monoisotopic (exact) mass is 746 g/mol. The van der Waals surface area contributed by atoms with E-state index in [-0.39, 0.29) is 33.8 Å². The fourth-order valence-corrected chi connectivity index (χ4v) is 7.57. The molecule has 0 bridgehead atoms. The van der Waals surface area contributed by atoms with Gasteiger partial charge in [0, 0.05) is 6.54 Å². The van der Waals surface area contributed by atoms with E-state index in [0.29, 0.717) is 11.8 Å². The Morgan fingerprint density at radius 3 is 2.46 bits per heavy atom. The number of nitrogens with two attached hydrogens (primary N) is 1. The smallest absolute Gasteiger partial charge is 0.350 e. The average Bonchev–Trinajstić information content (AvgIpc) is 3.67. The number of nitrogens with zero attached hydrogens (tertiary/aromatic N) is 5. The van der Waals surface area contributed by atoms with Crippen LogP contribution in [0, 0.1) is 0 Å². The molecule has 3 saturated heterocycles. The number of aromatic nitrogens is 1. The molecule has 0 aliphatic carbocycles. The summed E-state index contributed by atoms with van der Waals surface area (Å²) in [6, 6.07) is -0.141. The molecule has 0 spiro atoms. The highest BCUT2D eigenvalue weighted by Gasteiger charge is 2.66. The summed E-state index contributed by atoms with van der Waals surface area (Å²) in [5.74, 6) is -6.93. The summed E-state index contributed by atoms with van der Waals surface area (Å²) in [5, 5.41) is 44.5. The van der Waals surface area contributed by atoms with Crippen LogP contribution in [0.4, 0.5) is 9.93 Å². The molecule has 4 heterocycles. The molecule has 3 fully saturated rings. The molecule has 5 amide bonds. The molecular formula is C25H24Cl2N8O11S2. The number of anilines is 1. The number of phenols is 2. The second-order valence-corrected chi connectivity index (χ2v) is 14.3. The summed E-state index contributed by atoms with van der Waals surface area (Å²) >= 11 is 13.6. The largest absolute Gasteiger partial charge is 0.504 e. The Hall–Kier alpha value is -4.73. The van der Waals surface area contributed by atoms with Crippen molar-refractivity contribution in [2.75, 3.05) is 25.4 Å². The standard InChI is InChI=1S/C25H24Cl2N8O11S2/c1-24(2,20(41)42)46-32-12(11-15(27)47-22(28)30-11)17(39)29-13-18(40)33-7-25(21(43)44,48-19(13)33)34-5-6-35(23(34)45)31-16(38)8-3-4-9(36)14(37)10(8)26/h3-4,13,19,36-37H,5-7H2,1-2H3,(H2,28,30)(H,29,39)(H,31,38)(H,41,42)(H,43,44)/b32-12-/t13?,19-,25-/m1/s1. The van der Waals surface area contributed by atoms with E-state index in [4.69, 9.17) is 33.8 Å². The number of benzene rings is 1. The number of hydrazine groups is 1. The number of carbonyl (C=O) groups is 6. The van der Waals surface area contributed by atoms with Gasteiger partial charge in [0.15, 0.2) is 22.3 Å². The van der Waals surface area contributed by atoms with Crippen LogP contribution in [0.3, 0.4) is 0 Å². The zero-order chi connectivity index (χ0) is 35.5. The van der Waals surface area contributed by atoms with Crippen molar-refractivity contribution < 1.29 is 54.0 Å². The van der Waals surface area contributed by atoms with Gasteiger partial charge in [-0.1, -0.05) is 51.5 Å². The van der Waals surface area contributed by atoms with E-state index in [1.165, 1.54) is 13.8 Å². The number of halogens is 2. The molecule has 256 valence electrons. The number of urea groups is 1. The topological polar surface area (TPSA) is 278 Å². The number of amides is 5. The Morgan fingerprint density at radius 1 is 1.17 bits per heavy atom. The number of nitrogens with one attached hydrogen (secondary N) is 2. The molecular weight excluding hydrogens is 723 g/mol. The molecule has 23 heteroatoms. The SMILES string of the molecule is CC(C)(O/N=C(\C(=O)NC1C(=O)N2C[C@@](C(=O)O)(N3CCN(NC(=O)c4ccc(O)c(O)c4Cl)C3=O)S[C@H]12)c1nc(N)sc1Cl)C(=O)O. The summed E-state index contributed by atoms with van der Waals surface area (Å²) in [4.78, 5) is 86.0. The fourth-order valence-electron chi connectivity index (χ4n) is 4.76. The number of fused-ring (bicyclic) bond motifs is 1. The van der Waals surface area contributed by atoms with Crippen molar-refractivity contribution >= 4 is 92.8 Å². The summed E-state index contributed by atoms with van der Waals surface area (Å²) < 4.78 is -0.0893. The van der Waals surface area contributed by atoms with Gasteiger partial charge in [0.1, 0.15) is 21.4 Å². The third-order valence-corrected chi connectivity index (χ3v) is 10.6. The molecule has 5 rings (SSSR count). The van der Waals surface area contributed by atoms with Crippen molar-refractivity contribution in [3.8, 4) is 11.5 Å². The van der Waals surface area contributed by atoms with Gasteiger partial charge in [-0.15, -0.1) is 0 Å². The number of carboxylic acids is 2. The second-order valence-electron chi connectivity index (χ2n) is 10.9. The highest BCUT2D eigenvalue weighted by molar-refractivity contribution is 8.02. The van der Waals surface area contributed by atoms with Crippen molar-refractivity contribution in [1.82, 2.24) is 30.5 Å². The van der Waals surface area contributed by atoms with Crippen molar-refractivity contribution in [3.63, 3.8) is 0 Å². The maximum absolute atomic E-state index is 13.4. The molecule has 1 aromatic carbocycles. The molecule has 1 aromatic heterocycles. The Morgan fingerprint density at radius 2 is 1.85 bits per heavy atom. The van der Waals surface area contributed by atoms with Crippen molar-refractivity contribution in [2.24, 2.45) is 5.16 Å². The third-order valence-electron chi connectivity index (χ3n) is 7.41. The van der Waals surface area contributed by atoms with E-state index in [1.807, 2.05) is 0 Å². The first kappa shape index (κ1) is 34.6. The van der Waals surface area contributed by atoms with Crippen LogP contribution in [-0.4, -0.2) is 123 Å². The van der Waals surface area contributed by atoms with Gasteiger partial charge in [-0.3, -0.25) is 24.7 Å². The van der Waals surface area contributed by atoms with Crippen LogP contribution in [0.5, 0.6) is 11.5 Å². The van der Waals surface area contributed by atoms with E-state index >= 15 is 0 Å². The van der Waals surface area contributed by atoms with Crippen LogP contribution in [-0.2, 0) is 24.0 Å². The number of thiazole rings is 1. The molecule has 3 aliphatic rings. The van der Waals surface area contributed by atoms with E-state index in [1.54, 1.807) is 0 Å². The van der Waals surface area contributed by atoms with Gasteiger partial charge in [-0.25, -0.2) is 24.4 Å². The molecule has 3 aliphatic heterocycles. The summed E-state index contributed by atoms with van der Waals surface area (Å²) in [7, 11) is 0. The lowest BCUT2D eigenvalue weighted by Crippen LogP contribution is -2.68. The number of phenolic OH excluding ortho intramolecular Hbond substituents is 2. The quantitative estimate of drug-likeness (QED) is 0.0745. The van der Waals surface area contributed by atoms with Gasteiger partial charge in [-0.2, -0.15) is 0 Å². The number of hydrogen-bond donors (Lipinski definition) is 7. The second kappa shape index (κ2) is 12.4. The number of carbonyl (C=O) groups excluding carboxylic acids is 4. The molecule has 0 saturated carbocycles. The van der Waals surface area contributed by atoms with E-state index in [0.717, 1.165) is 38.3 Å². The Kier molecular flexibility index (Phi) is 8.92. The van der Waals surface area contributed by atoms with Gasteiger partial charge in [0.05, 0.1) is 23.7 Å². The zero-order valence-electron chi connectivity index (χ0n) is 24.5. The Balaban J connectivity index is 1.33. The van der Waals surface area contributed by atoms with Gasteiger partial charge in [0.25, 0.3) is 11.8 Å². The van der Waals surface area contributed by atoms with Crippen molar-refractivity contribution in [2.45, 2.75) is 35.7 Å². The van der Waals surface area contributed by atoms with Crippen LogP contribution in [0.25, 0.3) is 0 Å². The Bertz CT molecular complexity index is 1810. The van der Waals surface area contributed by atoms with Crippen LogP contribution < -0.4 is 16.5 Å². The number of carboxylic acid groups (broad SMARTS) is 2. The lowest BCUT2D eigenvalue weighted by molar-refractivity contribution is -0.161. The number of oxime groups is 1. The first-order valence-corrected chi connectivity index (χ1v) is 15.9. The molecule has 48 heavy (non-hydrogen) atoms. The van der Waals surface area contributed by atoms with Crippen LogP contribution in [0.15, 0.2) is 17.3 Å². The molecule has 1 unspecified atom stereocenters. The number of β-lactam (4-membered cyclic amide) rings is 1. The predicted molar refractivity (Wildman–Crippen MR) is 167 cm³/mol. The number of aliphatic carboxylic acids is 2. The average molecular weight is 748 g/mol. The molecule has 8 N–H and O–H groups in total. The number of thioether (sulfide) groups is 1. The molecule has 0 radical (unpaired) electrons. The minimum absolute atomic E-state index is 0.0543. The van der Waals surface area contributed by atoms with Crippen molar-refractivity contribution in [1.29, 1.82) is 0 Å². The number of aromatic hydroxyl groups is 2. The zero-order valence-corrected chi connectivity index (χ0v) is 27.6. The minimum atomic E-state index is -2.04. The fraction of sp³-hybridized carbons (Fsp3) is 0.360. The third kappa shape index (κ3) is 5.82. The maximum Gasteiger partial charge on any atom is 0.350 e. The van der Waals surface area contributed by atoms with Crippen LogP contribution >= 0.6 is 46.3 Å². The normalized spacial score (nSPS) is 22.3. The summed E-state index contributed by atoms with van der Waals surface area (Å²) in [6.07, 6.45) is 0. The van der Waals surface area contributed by atoms with Gasteiger partial charge >= 0.3 is 18.0 Å². The molecule has 3 atom stereocenters. The summed E-state index contributed by atoms with van der Waals surface area (Å²) in [5.41, 5.74) is 4.94. The van der Waals surface area contributed by atoms with Crippen molar-refractivity contribution in [3.05, 3.63) is 32.7 Å². The predicted octanol–water partition coefficient (Wildman–Crippen LogP) is 0.291. The number of hydrogen-bond acceptors (Lipinski definition) is 14. The number of nitrogen functional groups attached to an aromatic ring is 1.